The van der Waals surface area contributed by atoms with E-state index in [4.69, 9.17) is 0 Å². The van der Waals surface area contributed by atoms with Gasteiger partial charge in [0.05, 0.1) is 5.69 Å². The molecule has 2 aliphatic rings. The zero-order valence-corrected chi connectivity index (χ0v) is 13.4. The van der Waals surface area contributed by atoms with Crippen molar-refractivity contribution in [1.82, 2.24) is 9.88 Å². The van der Waals surface area contributed by atoms with Crippen LogP contribution in [-0.2, 0) is 11.3 Å². The third-order valence-electron chi connectivity index (χ3n) is 5.24. The monoisotopic (exact) mass is 350 g/mol. The summed E-state index contributed by atoms with van der Waals surface area (Å²) in [5.74, 6) is -3.82. The molecule has 1 N–H and O–H groups in total. The van der Waals surface area contributed by atoms with E-state index in [1.807, 2.05) is 0 Å². The molecule has 1 saturated heterocycles. The van der Waals surface area contributed by atoms with E-state index < -0.39 is 29.2 Å². The molecule has 7 heteroatoms. The zero-order valence-electron chi connectivity index (χ0n) is 13.4. The molecule has 1 aliphatic carbocycles. The molecule has 0 radical (unpaired) electrons. The molecule has 2 unspecified atom stereocenters. The van der Waals surface area contributed by atoms with E-state index in [9.17, 15) is 23.1 Å². The van der Waals surface area contributed by atoms with Gasteiger partial charge in [-0.05, 0) is 37.0 Å². The van der Waals surface area contributed by atoms with Crippen molar-refractivity contribution in [2.75, 3.05) is 13.1 Å². The number of rotatable bonds is 4. The second kappa shape index (κ2) is 5.69. The largest absolute Gasteiger partial charge is 0.479 e. The molecule has 4 rings (SSSR count). The number of aromatic nitrogens is 1. The molecule has 25 heavy (non-hydrogen) atoms. The minimum Gasteiger partial charge on any atom is -0.479 e. The summed E-state index contributed by atoms with van der Waals surface area (Å²) in [5, 5.41) is 9.78. The standard InChI is InChI=1S/C18H17F3N2O2/c19-14-6-4-11-3-5-12(22-16(11)15(14)20)7-23-8-13(10-1-2-10)18(21,9-23)17(24)25/h3-6,10,13H,1-2,7-9H2,(H,24,25). The van der Waals surface area contributed by atoms with Crippen molar-refractivity contribution in [2.45, 2.75) is 25.1 Å². The third-order valence-corrected chi connectivity index (χ3v) is 5.24. The molecule has 1 saturated carbocycles. The first-order valence-corrected chi connectivity index (χ1v) is 8.27. The number of aliphatic carboxylic acids is 1. The molecule has 132 valence electrons. The van der Waals surface area contributed by atoms with Crippen LogP contribution in [0.4, 0.5) is 13.2 Å². The quantitative estimate of drug-likeness (QED) is 0.920. The Kier molecular flexibility index (Phi) is 3.72. The smallest absolute Gasteiger partial charge is 0.343 e. The van der Waals surface area contributed by atoms with Crippen molar-refractivity contribution in [3.63, 3.8) is 0 Å². The number of alkyl halides is 1. The molecule has 2 aromatic rings. The minimum absolute atomic E-state index is 0.0693. The number of benzene rings is 1. The first-order chi connectivity index (χ1) is 11.9. The Morgan fingerprint density at radius 2 is 2.00 bits per heavy atom. The van der Waals surface area contributed by atoms with Gasteiger partial charge in [-0.15, -0.1) is 0 Å². The zero-order chi connectivity index (χ0) is 17.8. The fourth-order valence-corrected chi connectivity index (χ4v) is 3.79. The fourth-order valence-electron chi connectivity index (χ4n) is 3.79. The van der Waals surface area contributed by atoms with Crippen molar-refractivity contribution in [2.24, 2.45) is 11.8 Å². The number of pyridine rings is 1. The predicted octanol–water partition coefficient (Wildman–Crippen LogP) is 3.15. The molecular formula is C18H17F3N2O2. The van der Waals surface area contributed by atoms with E-state index in [0.717, 1.165) is 18.9 Å². The van der Waals surface area contributed by atoms with E-state index in [1.165, 1.54) is 6.07 Å². The Balaban J connectivity index is 1.59. The van der Waals surface area contributed by atoms with Crippen LogP contribution in [0, 0.1) is 23.5 Å². The van der Waals surface area contributed by atoms with Gasteiger partial charge in [0.25, 0.3) is 0 Å². The number of fused-ring (bicyclic) bond motifs is 1. The van der Waals surface area contributed by atoms with E-state index in [1.54, 1.807) is 17.0 Å². The highest BCUT2D eigenvalue weighted by Gasteiger charge is 2.58. The Bertz CT molecular complexity index is 856. The van der Waals surface area contributed by atoms with Crippen LogP contribution in [0.3, 0.4) is 0 Å². The van der Waals surface area contributed by atoms with Gasteiger partial charge in [-0.25, -0.2) is 22.9 Å². The van der Waals surface area contributed by atoms with Gasteiger partial charge in [0.2, 0.25) is 5.67 Å². The highest BCUT2D eigenvalue weighted by molar-refractivity contribution is 5.80. The van der Waals surface area contributed by atoms with Crippen molar-refractivity contribution in [3.8, 4) is 0 Å². The fraction of sp³-hybridized carbons (Fsp3) is 0.444. The van der Waals surface area contributed by atoms with Crippen LogP contribution in [0.25, 0.3) is 10.9 Å². The number of hydrogen-bond acceptors (Lipinski definition) is 3. The van der Waals surface area contributed by atoms with Crippen molar-refractivity contribution in [3.05, 3.63) is 41.6 Å². The lowest BCUT2D eigenvalue weighted by molar-refractivity contribution is -0.153. The summed E-state index contributed by atoms with van der Waals surface area (Å²) in [6, 6.07) is 5.80. The molecule has 1 aromatic heterocycles. The summed E-state index contributed by atoms with van der Waals surface area (Å²) in [7, 11) is 0. The average Bonchev–Trinajstić information content (AvgIpc) is 3.35. The molecule has 2 fully saturated rings. The lowest BCUT2D eigenvalue weighted by atomic mass is 9.89. The van der Waals surface area contributed by atoms with Crippen LogP contribution in [0.2, 0.25) is 0 Å². The van der Waals surface area contributed by atoms with Crippen LogP contribution in [0.5, 0.6) is 0 Å². The van der Waals surface area contributed by atoms with Gasteiger partial charge < -0.3 is 5.11 Å². The van der Waals surface area contributed by atoms with Gasteiger partial charge in [-0.1, -0.05) is 6.07 Å². The molecule has 1 aromatic carbocycles. The Hall–Kier alpha value is -2.15. The van der Waals surface area contributed by atoms with E-state index >= 15 is 0 Å². The SMILES string of the molecule is O=C(O)C1(F)CN(Cc2ccc3ccc(F)c(F)c3n2)CC1C1CC1. The maximum Gasteiger partial charge on any atom is 0.343 e. The van der Waals surface area contributed by atoms with Gasteiger partial charge in [-0.3, -0.25) is 4.90 Å². The normalized spacial score (nSPS) is 27.1. The first-order valence-electron chi connectivity index (χ1n) is 8.27. The summed E-state index contributed by atoms with van der Waals surface area (Å²) in [6.07, 6.45) is 1.71. The molecule has 0 bridgehead atoms. The molecule has 0 amide bonds. The summed E-state index contributed by atoms with van der Waals surface area (Å²) < 4.78 is 42.2. The molecule has 2 atom stereocenters. The van der Waals surface area contributed by atoms with Gasteiger partial charge >= 0.3 is 5.97 Å². The number of likely N-dealkylation sites (tertiary alicyclic amines) is 1. The Labute approximate surface area is 142 Å². The molecule has 1 aliphatic heterocycles. The molecular weight excluding hydrogens is 333 g/mol. The second-order valence-corrected chi connectivity index (χ2v) is 7.02. The van der Waals surface area contributed by atoms with Gasteiger partial charge in [0.15, 0.2) is 11.6 Å². The number of carboxylic acids is 1. The highest BCUT2D eigenvalue weighted by Crippen LogP contribution is 2.47. The van der Waals surface area contributed by atoms with Crippen LogP contribution in [-0.4, -0.2) is 39.7 Å². The predicted molar refractivity (Wildman–Crippen MR) is 84.6 cm³/mol. The van der Waals surface area contributed by atoms with Gasteiger partial charge in [-0.2, -0.15) is 0 Å². The number of nitrogens with zero attached hydrogens (tertiary/aromatic N) is 2. The first kappa shape index (κ1) is 16.3. The lowest BCUT2D eigenvalue weighted by Crippen LogP contribution is -2.42. The van der Waals surface area contributed by atoms with Crippen molar-refractivity contribution >= 4 is 16.9 Å². The van der Waals surface area contributed by atoms with Crippen LogP contribution >= 0.6 is 0 Å². The summed E-state index contributed by atoms with van der Waals surface area (Å²) >= 11 is 0. The summed E-state index contributed by atoms with van der Waals surface area (Å²) in [4.78, 5) is 17.3. The Morgan fingerprint density at radius 1 is 1.28 bits per heavy atom. The van der Waals surface area contributed by atoms with E-state index in [2.05, 4.69) is 4.98 Å². The highest BCUT2D eigenvalue weighted by atomic mass is 19.2. The maximum absolute atomic E-state index is 14.9. The van der Waals surface area contributed by atoms with Crippen molar-refractivity contribution < 1.29 is 23.1 Å². The average molecular weight is 350 g/mol. The van der Waals surface area contributed by atoms with Crippen LogP contribution in [0.1, 0.15) is 18.5 Å². The molecule has 4 nitrogen and oxygen atoms in total. The lowest BCUT2D eigenvalue weighted by Gasteiger charge is -2.21. The summed E-state index contributed by atoms with van der Waals surface area (Å²) in [5.41, 5.74) is -1.86. The summed E-state index contributed by atoms with van der Waals surface area (Å²) in [6.45, 7) is 0.321. The number of carbonyl (C=O) groups is 1. The minimum atomic E-state index is -2.25. The van der Waals surface area contributed by atoms with E-state index in [-0.39, 0.29) is 24.5 Å². The second-order valence-electron chi connectivity index (χ2n) is 7.02. The van der Waals surface area contributed by atoms with Crippen molar-refractivity contribution in [1.29, 1.82) is 0 Å². The Morgan fingerprint density at radius 3 is 2.68 bits per heavy atom. The number of hydrogen-bond donors (Lipinski definition) is 1. The maximum atomic E-state index is 14.9. The van der Waals surface area contributed by atoms with Crippen LogP contribution in [0.15, 0.2) is 24.3 Å². The molecule has 0 spiro atoms. The third kappa shape index (κ3) is 2.76. The number of carboxylic acid groups (broad SMARTS) is 1. The van der Waals surface area contributed by atoms with E-state index in [0.29, 0.717) is 17.6 Å². The van der Waals surface area contributed by atoms with Crippen LogP contribution < -0.4 is 0 Å². The van der Waals surface area contributed by atoms with Gasteiger partial charge in [0.1, 0.15) is 5.52 Å². The topological polar surface area (TPSA) is 53.4 Å². The number of halogens is 3. The van der Waals surface area contributed by atoms with Gasteiger partial charge in [0, 0.05) is 30.9 Å². The molecule has 2 heterocycles.